The fraction of sp³-hybridized carbons (Fsp3) is 0.0769. The van der Waals surface area contributed by atoms with E-state index in [1.807, 2.05) is 0 Å². The number of hydrogen-bond acceptors (Lipinski definition) is 4. The van der Waals surface area contributed by atoms with Crippen molar-refractivity contribution in [2.24, 2.45) is 0 Å². The molecule has 1 heterocycles. The normalized spacial score (nSPS) is 11.5. The molecule has 0 atom stereocenters. The minimum Gasteiger partial charge on any atom is -0.322 e. The fourth-order valence-electron chi connectivity index (χ4n) is 1.57. The van der Waals surface area contributed by atoms with E-state index in [1.54, 1.807) is 6.07 Å². The molecule has 0 unspecified atom stereocenters. The Labute approximate surface area is 133 Å². The number of carbonyl (C=O) groups excluding carboxylic acids is 1. The maximum absolute atomic E-state index is 12.4. The van der Waals surface area contributed by atoms with Gasteiger partial charge < -0.3 is 5.32 Å². The van der Waals surface area contributed by atoms with Crippen LogP contribution in [0.15, 0.2) is 52.1 Å². The molecule has 2 rings (SSSR count). The molecule has 0 radical (unpaired) electrons. The third-order valence-electron chi connectivity index (χ3n) is 2.64. The molecular weight excluding hydrogens is 382 g/mol. The van der Waals surface area contributed by atoms with Crippen molar-refractivity contribution in [3.8, 4) is 0 Å². The number of carbonyl (C=O) groups is 1. The molecular formula is C13H9BrF2N2O3S. The van der Waals surface area contributed by atoms with Crippen molar-refractivity contribution in [2.45, 2.75) is 10.7 Å². The second kappa shape index (κ2) is 6.49. The lowest BCUT2D eigenvalue weighted by Crippen LogP contribution is -2.13. The Kier molecular flexibility index (Phi) is 4.87. The van der Waals surface area contributed by atoms with Gasteiger partial charge in [0.25, 0.3) is 5.91 Å². The molecule has 1 aromatic heterocycles. The van der Waals surface area contributed by atoms with Crippen molar-refractivity contribution in [1.29, 1.82) is 0 Å². The summed E-state index contributed by atoms with van der Waals surface area (Å²) >= 11 is 3.18. The molecule has 2 aromatic rings. The van der Waals surface area contributed by atoms with E-state index in [0.717, 1.165) is 12.1 Å². The molecule has 5 nitrogen and oxygen atoms in total. The Morgan fingerprint density at radius 1 is 1.18 bits per heavy atom. The van der Waals surface area contributed by atoms with Crippen LogP contribution in [0, 0.1) is 0 Å². The van der Waals surface area contributed by atoms with Crippen molar-refractivity contribution < 1.29 is 22.0 Å². The van der Waals surface area contributed by atoms with Crippen LogP contribution in [0.5, 0.6) is 0 Å². The highest BCUT2D eigenvalue weighted by Gasteiger charge is 2.26. The molecule has 1 amide bonds. The van der Waals surface area contributed by atoms with Crippen LogP contribution in [0.25, 0.3) is 0 Å². The number of nitrogens with zero attached hydrogens (tertiary/aromatic N) is 1. The Bertz CT molecular complexity index is 795. The number of anilines is 1. The van der Waals surface area contributed by atoms with Crippen molar-refractivity contribution in [3.63, 3.8) is 0 Å². The second-order valence-corrected chi connectivity index (χ2v) is 7.01. The summed E-state index contributed by atoms with van der Waals surface area (Å²) in [7, 11) is -4.64. The Hall–Kier alpha value is -1.87. The predicted octanol–water partition coefficient (Wildman–Crippen LogP) is 3.09. The summed E-state index contributed by atoms with van der Waals surface area (Å²) in [5.41, 5.74) is 0.567. The maximum atomic E-state index is 12.4. The molecule has 0 bridgehead atoms. The van der Waals surface area contributed by atoms with Crippen molar-refractivity contribution in [3.05, 3.63) is 52.8 Å². The number of amides is 1. The van der Waals surface area contributed by atoms with Crippen LogP contribution in [0.1, 0.15) is 10.4 Å². The van der Waals surface area contributed by atoms with Crippen LogP contribution >= 0.6 is 15.9 Å². The highest BCUT2D eigenvalue weighted by Crippen LogP contribution is 2.20. The monoisotopic (exact) mass is 390 g/mol. The standard InChI is InChI=1S/C13H9BrF2N2O3S/c14-9-5-8(6-17-7-9)12(19)18-10-1-3-11(4-2-10)22(20,21)13(15)16/h1-7,13H,(H,18,19). The van der Waals surface area contributed by atoms with Gasteiger partial charge in [0.1, 0.15) is 0 Å². The number of aromatic nitrogens is 1. The lowest BCUT2D eigenvalue weighted by Gasteiger charge is -2.07. The molecule has 0 saturated carbocycles. The minimum absolute atomic E-state index is 0.276. The first kappa shape index (κ1) is 16.5. The first-order valence-corrected chi connectivity index (χ1v) is 8.18. The summed E-state index contributed by atoms with van der Waals surface area (Å²) in [6, 6.07) is 6.04. The van der Waals surface area contributed by atoms with Gasteiger partial charge in [0.15, 0.2) is 0 Å². The van der Waals surface area contributed by atoms with Crippen LogP contribution in [0.3, 0.4) is 0 Å². The number of halogens is 3. The number of pyridine rings is 1. The van der Waals surface area contributed by atoms with Gasteiger partial charge in [-0.05, 0) is 46.3 Å². The summed E-state index contributed by atoms with van der Waals surface area (Å²) in [5.74, 6) is -3.95. The van der Waals surface area contributed by atoms with Crippen LogP contribution in [-0.4, -0.2) is 25.1 Å². The van der Waals surface area contributed by atoms with E-state index in [4.69, 9.17) is 0 Å². The summed E-state index contributed by atoms with van der Waals surface area (Å²) in [4.78, 5) is 15.3. The summed E-state index contributed by atoms with van der Waals surface area (Å²) in [6.45, 7) is 0. The van der Waals surface area contributed by atoms with Gasteiger partial charge in [-0.1, -0.05) is 0 Å². The Balaban J connectivity index is 2.17. The van der Waals surface area contributed by atoms with E-state index in [-0.39, 0.29) is 5.69 Å². The quantitative estimate of drug-likeness (QED) is 0.869. The lowest BCUT2D eigenvalue weighted by molar-refractivity contribution is 0.102. The Morgan fingerprint density at radius 3 is 2.36 bits per heavy atom. The number of nitrogens with one attached hydrogen (secondary N) is 1. The summed E-state index contributed by atoms with van der Waals surface area (Å²) in [5, 5.41) is 2.51. The van der Waals surface area contributed by atoms with E-state index in [2.05, 4.69) is 26.2 Å². The SMILES string of the molecule is O=C(Nc1ccc(S(=O)(=O)C(F)F)cc1)c1cncc(Br)c1. The number of benzene rings is 1. The predicted molar refractivity (Wildman–Crippen MR) is 79.5 cm³/mol. The zero-order chi connectivity index (χ0) is 16.3. The van der Waals surface area contributed by atoms with Crippen molar-refractivity contribution in [2.75, 3.05) is 5.32 Å². The number of alkyl halides is 2. The van der Waals surface area contributed by atoms with Gasteiger partial charge in [-0.3, -0.25) is 9.78 Å². The zero-order valence-corrected chi connectivity index (χ0v) is 13.2. The smallest absolute Gasteiger partial charge is 0.322 e. The van der Waals surface area contributed by atoms with E-state index in [0.29, 0.717) is 10.0 Å². The lowest BCUT2D eigenvalue weighted by atomic mass is 10.2. The molecule has 116 valence electrons. The topological polar surface area (TPSA) is 76.1 Å². The van der Waals surface area contributed by atoms with Crippen molar-refractivity contribution >= 4 is 37.4 Å². The fourth-order valence-corrected chi connectivity index (χ4v) is 2.66. The average Bonchev–Trinajstić information content (AvgIpc) is 2.47. The third-order valence-corrected chi connectivity index (χ3v) is 4.47. The largest absolute Gasteiger partial charge is 0.341 e. The Morgan fingerprint density at radius 2 is 1.82 bits per heavy atom. The molecule has 0 aliphatic rings. The average molecular weight is 391 g/mol. The van der Waals surface area contributed by atoms with Crippen LogP contribution < -0.4 is 5.32 Å². The molecule has 0 spiro atoms. The van der Waals surface area contributed by atoms with E-state index in [1.165, 1.54) is 24.5 Å². The minimum atomic E-state index is -4.64. The molecule has 0 fully saturated rings. The van der Waals surface area contributed by atoms with Crippen LogP contribution in [-0.2, 0) is 9.84 Å². The van der Waals surface area contributed by atoms with Crippen LogP contribution in [0.2, 0.25) is 0 Å². The molecule has 1 aromatic carbocycles. The van der Waals surface area contributed by atoms with Crippen LogP contribution in [0.4, 0.5) is 14.5 Å². The number of sulfone groups is 1. The maximum Gasteiger partial charge on any atom is 0.341 e. The molecule has 0 aliphatic heterocycles. The number of rotatable bonds is 4. The van der Waals surface area contributed by atoms with Gasteiger partial charge in [0, 0.05) is 22.6 Å². The first-order valence-electron chi connectivity index (χ1n) is 5.85. The highest BCUT2D eigenvalue weighted by atomic mass is 79.9. The molecule has 9 heteroatoms. The summed E-state index contributed by atoms with van der Waals surface area (Å²) < 4.78 is 48.0. The first-order chi connectivity index (χ1) is 10.3. The molecule has 0 aliphatic carbocycles. The summed E-state index contributed by atoms with van der Waals surface area (Å²) in [6.07, 6.45) is 2.87. The van der Waals surface area contributed by atoms with Gasteiger partial charge in [0.05, 0.1) is 10.5 Å². The van der Waals surface area contributed by atoms with E-state index in [9.17, 15) is 22.0 Å². The van der Waals surface area contributed by atoms with Crippen molar-refractivity contribution in [1.82, 2.24) is 4.98 Å². The molecule has 1 N–H and O–H groups in total. The van der Waals surface area contributed by atoms with Gasteiger partial charge in [-0.15, -0.1) is 0 Å². The molecule has 0 saturated heterocycles. The van der Waals surface area contributed by atoms with Gasteiger partial charge in [-0.25, -0.2) is 8.42 Å². The second-order valence-electron chi connectivity index (χ2n) is 4.18. The van der Waals surface area contributed by atoms with Gasteiger partial charge in [0.2, 0.25) is 9.84 Å². The van der Waals surface area contributed by atoms with Gasteiger partial charge >= 0.3 is 5.76 Å². The van der Waals surface area contributed by atoms with E-state index < -0.39 is 26.4 Å². The molecule has 22 heavy (non-hydrogen) atoms. The zero-order valence-electron chi connectivity index (χ0n) is 10.8. The highest BCUT2D eigenvalue weighted by molar-refractivity contribution is 9.10. The third kappa shape index (κ3) is 3.66. The van der Waals surface area contributed by atoms with E-state index >= 15 is 0 Å². The number of hydrogen-bond donors (Lipinski definition) is 1. The van der Waals surface area contributed by atoms with Gasteiger partial charge in [-0.2, -0.15) is 8.78 Å².